The average molecular weight is 267 g/mol. The third-order valence-corrected chi connectivity index (χ3v) is 5.58. The maximum absolute atomic E-state index is 6.13. The van der Waals surface area contributed by atoms with Crippen LogP contribution in [0, 0.1) is 17.8 Å². The van der Waals surface area contributed by atoms with Crippen LogP contribution in [0.1, 0.15) is 39.5 Å². The largest absolute Gasteiger partial charge is 0.329 e. The lowest BCUT2D eigenvalue weighted by atomic mass is 9.79. The van der Waals surface area contributed by atoms with E-state index < -0.39 is 0 Å². The molecular weight excluding hydrogens is 234 g/mol. The van der Waals surface area contributed by atoms with Crippen molar-refractivity contribution < 1.29 is 0 Å². The van der Waals surface area contributed by atoms with Crippen molar-refractivity contribution in [1.29, 1.82) is 0 Å². The summed E-state index contributed by atoms with van der Waals surface area (Å²) in [6.07, 6.45) is 5.59. The first kappa shape index (κ1) is 15.3. The molecule has 0 aromatic heterocycles. The number of hydrogen-bond donors (Lipinski definition) is 1. The van der Waals surface area contributed by atoms with E-state index in [0.717, 1.165) is 24.3 Å². The van der Waals surface area contributed by atoms with Crippen LogP contribution in [-0.4, -0.2) is 55.6 Å². The van der Waals surface area contributed by atoms with E-state index in [1.807, 2.05) is 0 Å². The summed E-state index contributed by atoms with van der Waals surface area (Å²) in [4.78, 5) is 5.08. The van der Waals surface area contributed by atoms with Crippen molar-refractivity contribution in [2.24, 2.45) is 23.5 Å². The molecule has 1 aliphatic carbocycles. The first-order valence-electron chi connectivity index (χ1n) is 8.13. The smallest absolute Gasteiger partial charge is 0.0254 e. The maximum Gasteiger partial charge on any atom is 0.0254 e. The van der Waals surface area contributed by atoms with Gasteiger partial charge in [-0.1, -0.05) is 26.7 Å². The highest BCUT2D eigenvalue weighted by molar-refractivity contribution is 4.93. The second-order valence-corrected chi connectivity index (χ2v) is 7.29. The first-order chi connectivity index (χ1) is 9.02. The molecule has 3 unspecified atom stereocenters. The average Bonchev–Trinajstić information content (AvgIpc) is 2.75. The zero-order valence-corrected chi connectivity index (χ0v) is 13.3. The van der Waals surface area contributed by atoms with Crippen LogP contribution in [0.15, 0.2) is 0 Å². The van der Waals surface area contributed by atoms with E-state index >= 15 is 0 Å². The van der Waals surface area contributed by atoms with Crippen molar-refractivity contribution in [2.75, 3.05) is 33.7 Å². The van der Waals surface area contributed by atoms with E-state index in [1.165, 1.54) is 38.8 Å². The molecule has 0 amide bonds. The molecule has 0 radical (unpaired) electrons. The van der Waals surface area contributed by atoms with Gasteiger partial charge in [-0.25, -0.2) is 0 Å². The molecule has 19 heavy (non-hydrogen) atoms. The molecule has 3 atom stereocenters. The fraction of sp³-hybridized carbons (Fsp3) is 1.00. The Balaban J connectivity index is 1.95. The van der Waals surface area contributed by atoms with Gasteiger partial charge in [0.1, 0.15) is 0 Å². The van der Waals surface area contributed by atoms with Gasteiger partial charge in [0, 0.05) is 31.7 Å². The Morgan fingerprint density at radius 3 is 2.21 bits per heavy atom. The summed E-state index contributed by atoms with van der Waals surface area (Å²) in [5, 5.41) is 0. The Kier molecular flexibility index (Phi) is 5.27. The van der Waals surface area contributed by atoms with Gasteiger partial charge in [0.25, 0.3) is 0 Å². The quantitative estimate of drug-likeness (QED) is 0.846. The van der Waals surface area contributed by atoms with Gasteiger partial charge in [0.2, 0.25) is 0 Å². The van der Waals surface area contributed by atoms with Crippen LogP contribution in [0.4, 0.5) is 0 Å². The third kappa shape index (κ3) is 3.50. The molecule has 3 heteroatoms. The molecule has 112 valence electrons. The van der Waals surface area contributed by atoms with Gasteiger partial charge in [-0.2, -0.15) is 0 Å². The Morgan fingerprint density at radius 1 is 1.11 bits per heavy atom. The number of rotatable bonds is 4. The molecule has 0 aromatic carbocycles. The van der Waals surface area contributed by atoms with Gasteiger partial charge in [0.15, 0.2) is 0 Å². The Labute approximate surface area is 119 Å². The highest BCUT2D eigenvalue weighted by atomic mass is 15.3. The van der Waals surface area contributed by atoms with E-state index in [9.17, 15) is 0 Å². The minimum absolute atomic E-state index is 0.625. The molecular formula is C16H33N3. The van der Waals surface area contributed by atoms with Crippen molar-refractivity contribution >= 4 is 0 Å². The predicted molar refractivity (Wildman–Crippen MR) is 82.2 cm³/mol. The van der Waals surface area contributed by atoms with Crippen LogP contribution in [0.3, 0.4) is 0 Å². The lowest BCUT2D eigenvalue weighted by molar-refractivity contribution is 0.126. The molecule has 2 fully saturated rings. The highest BCUT2D eigenvalue weighted by Crippen LogP contribution is 2.34. The standard InChI is InChI=1S/C16H33N3/c1-12-5-7-14(8-6-12)15(9-17)19-10-13(2)16(11-19)18(3)4/h12-16H,5-11,17H2,1-4H3. The van der Waals surface area contributed by atoms with Gasteiger partial charge in [-0.05, 0) is 44.7 Å². The topological polar surface area (TPSA) is 32.5 Å². The predicted octanol–water partition coefficient (Wildman–Crippen LogP) is 2.02. The summed E-state index contributed by atoms with van der Waals surface area (Å²) in [5.41, 5.74) is 6.13. The van der Waals surface area contributed by atoms with Gasteiger partial charge < -0.3 is 10.6 Å². The minimum atomic E-state index is 0.625. The summed E-state index contributed by atoms with van der Waals surface area (Å²) in [6.45, 7) is 8.07. The SMILES string of the molecule is CC1CCC(C(CN)N2CC(C)C(N(C)C)C2)CC1. The molecule has 2 aliphatic rings. The summed E-state index contributed by atoms with van der Waals surface area (Å²) in [6, 6.07) is 1.33. The van der Waals surface area contributed by atoms with Crippen LogP contribution in [0.2, 0.25) is 0 Å². The lowest BCUT2D eigenvalue weighted by Crippen LogP contribution is -2.46. The van der Waals surface area contributed by atoms with E-state index in [-0.39, 0.29) is 0 Å². The van der Waals surface area contributed by atoms with Gasteiger partial charge in [0.05, 0.1) is 0 Å². The number of nitrogens with two attached hydrogens (primary N) is 1. The minimum Gasteiger partial charge on any atom is -0.329 e. The van der Waals surface area contributed by atoms with Crippen LogP contribution >= 0.6 is 0 Å². The second-order valence-electron chi connectivity index (χ2n) is 7.29. The van der Waals surface area contributed by atoms with E-state index in [2.05, 4.69) is 37.7 Å². The molecule has 3 nitrogen and oxygen atoms in total. The first-order valence-corrected chi connectivity index (χ1v) is 8.13. The summed E-state index contributed by atoms with van der Waals surface area (Å²) >= 11 is 0. The monoisotopic (exact) mass is 267 g/mol. The zero-order valence-electron chi connectivity index (χ0n) is 13.3. The summed E-state index contributed by atoms with van der Waals surface area (Å²) < 4.78 is 0. The number of nitrogens with zero attached hydrogens (tertiary/aromatic N) is 2. The van der Waals surface area contributed by atoms with E-state index in [0.29, 0.717) is 12.1 Å². The molecule has 0 bridgehead atoms. The Morgan fingerprint density at radius 2 is 1.74 bits per heavy atom. The molecule has 1 saturated carbocycles. The molecule has 1 heterocycles. The maximum atomic E-state index is 6.13. The Bertz CT molecular complexity index is 271. The summed E-state index contributed by atoms with van der Waals surface area (Å²) in [7, 11) is 4.43. The van der Waals surface area contributed by atoms with Gasteiger partial charge >= 0.3 is 0 Å². The zero-order chi connectivity index (χ0) is 14.0. The Hall–Kier alpha value is -0.120. The van der Waals surface area contributed by atoms with Crippen LogP contribution in [0.25, 0.3) is 0 Å². The molecule has 2 rings (SSSR count). The van der Waals surface area contributed by atoms with E-state index in [4.69, 9.17) is 5.73 Å². The molecule has 1 aliphatic heterocycles. The summed E-state index contributed by atoms with van der Waals surface area (Å²) in [5.74, 6) is 2.54. The van der Waals surface area contributed by atoms with Crippen LogP contribution in [-0.2, 0) is 0 Å². The number of likely N-dealkylation sites (N-methyl/N-ethyl adjacent to an activating group) is 1. The van der Waals surface area contributed by atoms with Crippen molar-refractivity contribution in [3.8, 4) is 0 Å². The molecule has 0 aromatic rings. The van der Waals surface area contributed by atoms with Crippen molar-refractivity contribution in [3.05, 3.63) is 0 Å². The molecule has 2 N–H and O–H groups in total. The van der Waals surface area contributed by atoms with Crippen molar-refractivity contribution in [2.45, 2.75) is 51.6 Å². The fourth-order valence-electron chi connectivity index (χ4n) is 4.24. The van der Waals surface area contributed by atoms with Crippen molar-refractivity contribution in [1.82, 2.24) is 9.80 Å². The molecule has 0 spiro atoms. The lowest BCUT2D eigenvalue weighted by Gasteiger charge is -2.37. The van der Waals surface area contributed by atoms with Crippen molar-refractivity contribution in [3.63, 3.8) is 0 Å². The van der Waals surface area contributed by atoms with Crippen LogP contribution in [0.5, 0.6) is 0 Å². The number of hydrogen-bond acceptors (Lipinski definition) is 3. The fourth-order valence-corrected chi connectivity index (χ4v) is 4.24. The second kappa shape index (κ2) is 6.55. The van der Waals surface area contributed by atoms with Gasteiger partial charge in [-0.15, -0.1) is 0 Å². The third-order valence-electron chi connectivity index (χ3n) is 5.58. The van der Waals surface area contributed by atoms with Gasteiger partial charge in [-0.3, -0.25) is 4.90 Å². The normalized spacial score (nSPS) is 38.8. The number of likely N-dealkylation sites (tertiary alicyclic amines) is 1. The van der Waals surface area contributed by atoms with Crippen LogP contribution < -0.4 is 5.73 Å². The molecule has 1 saturated heterocycles. The van der Waals surface area contributed by atoms with E-state index in [1.54, 1.807) is 0 Å². The highest BCUT2D eigenvalue weighted by Gasteiger charge is 2.37.